The van der Waals surface area contributed by atoms with E-state index in [2.05, 4.69) is 33.1 Å². The van der Waals surface area contributed by atoms with Gasteiger partial charge in [-0.1, -0.05) is 33.6 Å². The fraction of sp³-hybridized carbons (Fsp3) is 1.00. The largest absolute Gasteiger partial charge is 0.317 e. The van der Waals surface area contributed by atoms with Crippen LogP contribution in [0, 0.1) is 5.92 Å². The molecule has 0 aromatic rings. The molecule has 1 N–H and O–H groups in total. The Kier molecular flexibility index (Phi) is 5.70. The van der Waals surface area contributed by atoms with E-state index in [1.54, 1.807) is 0 Å². The first-order chi connectivity index (χ1) is 4.76. The molecule has 0 aliphatic rings. The molecule has 2 atom stereocenters. The highest BCUT2D eigenvalue weighted by atomic mass is 14.9. The topological polar surface area (TPSA) is 12.0 Å². The summed E-state index contributed by atoms with van der Waals surface area (Å²) in [5.74, 6) is 0.824. The Labute approximate surface area is 65.2 Å². The van der Waals surface area contributed by atoms with Gasteiger partial charge in [0.1, 0.15) is 0 Å². The van der Waals surface area contributed by atoms with Gasteiger partial charge in [-0.15, -0.1) is 0 Å². The lowest BCUT2D eigenvalue weighted by atomic mass is 9.96. The van der Waals surface area contributed by atoms with Gasteiger partial charge in [-0.2, -0.15) is 0 Å². The Morgan fingerprint density at radius 2 is 1.90 bits per heavy atom. The summed E-state index contributed by atoms with van der Waals surface area (Å²) in [6.45, 7) is 6.81. The van der Waals surface area contributed by atoms with Crippen molar-refractivity contribution < 1.29 is 0 Å². The molecular formula is C9H21N. The van der Waals surface area contributed by atoms with Crippen LogP contribution < -0.4 is 5.32 Å². The van der Waals surface area contributed by atoms with Crippen LogP contribution in [0.25, 0.3) is 0 Å². The van der Waals surface area contributed by atoms with Crippen LogP contribution in [-0.2, 0) is 0 Å². The third kappa shape index (κ3) is 3.21. The van der Waals surface area contributed by atoms with Crippen molar-refractivity contribution in [3.05, 3.63) is 0 Å². The summed E-state index contributed by atoms with van der Waals surface area (Å²) in [6, 6.07) is 0.731. The lowest BCUT2D eigenvalue weighted by Crippen LogP contribution is -2.31. The van der Waals surface area contributed by atoms with Crippen LogP contribution in [-0.4, -0.2) is 13.1 Å². The molecule has 0 saturated heterocycles. The standard InChI is InChI=1S/C9H21N/c1-5-7-9(10-4)8(3)6-2/h8-10H,5-7H2,1-4H3/t8-,9?/m1/s1. The van der Waals surface area contributed by atoms with Crippen LogP contribution in [0.2, 0.25) is 0 Å². The molecule has 62 valence electrons. The summed E-state index contributed by atoms with van der Waals surface area (Å²) >= 11 is 0. The monoisotopic (exact) mass is 143 g/mol. The number of rotatable bonds is 5. The Morgan fingerprint density at radius 1 is 1.30 bits per heavy atom. The summed E-state index contributed by atoms with van der Waals surface area (Å²) in [6.07, 6.45) is 3.88. The van der Waals surface area contributed by atoms with Gasteiger partial charge in [-0.3, -0.25) is 0 Å². The average molecular weight is 143 g/mol. The lowest BCUT2D eigenvalue weighted by molar-refractivity contribution is 0.366. The van der Waals surface area contributed by atoms with Crippen LogP contribution in [0.1, 0.15) is 40.0 Å². The van der Waals surface area contributed by atoms with Crippen LogP contribution in [0.4, 0.5) is 0 Å². The zero-order valence-electron chi connectivity index (χ0n) is 7.78. The molecule has 10 heavy (non-hydrogen) atoms. The van der Waals surface area contributed by atoms with Crippen molar-refractivity contribution in [2.45, 2.75) is 46.1 Å². The van der Waals surface area contributed by atoms with Crippen LogP contribution in [0.5, 0.6) is 0 Å². The molecule has 1 heteroatoms. The van der Waals surface area contributed by atoms with Gasteiger partial charge in [0.25, 0.3) is 0 Å². The highest BCUT2D eigenvalue weighted by Crippen LogP contribution is 2.11. The van der Waals surface area contributed by atoms with Gasteiger partial charge in [-0.25, -0.2) is 0 Å². The minimum Gasteiger partial charge on any atom is -0.317 e. The first kappa shape index (κ1) is 9.96. The Bertz CT molecular complexity index is 71.1. The lowest BCUT2D eigenvalue weighted by Gasteiger charge is -2.21. The van der Waals surface area contributed by atoms with Gasteiger partial charge in [0.15, 0.2) is 0 Å². The van der Waals surface area contributed by atoms with Crippen molar-refractivity contribution in [3.8, 4) is 0 Å². The van der Waals surface area contributed by atoms with Crippen molar-refractivity contribution in [3.63, 3.8) is 0 Å². The summed E-state index contributed by atoms with van der Waals surface area (Å²) in [4.78, 5) is 0. The molecule has 0 aliphatic carbocycles. The predicted molar refractivity (Wildman–Crippen MR) is 47.2 cm³/mol. The van der Waals surface area contributed by atoms with E-state index in [-0.39, 0.29) is 0 Å². The molecule has 0 aromatic carbocycles. The molecule has 0 aliphatic heterocycles. The maximum absolute atomic E-state index is 3.35. The normalized spacial score (nSPS) is 16.8. The van der Waals surface area contributed by atoms with E-state index in [1.807, 2.05) is 0 Å². The Balaban J connectivity index is 3.56. The number of nitrogens with one attached hydrogen (secondary N) is 1. The molecule has 0 radical (unpaired) electrons. The van der Waals surface area contributed by atoms with Gasteiger partial charge >= 0.3 is 0 Å². The third-order valence-electron chi connectivity index (χ3n) is 2.30. The Morgan fingerprint density at radius 3 is 2.20 bits per heavy atom. The van der Waals surface area contributed by atoms with Gasteiger partial charge in [0.2, 0.25) is 0 Å². The van der Waals surface area contributed by atoms with Crippen LogP contribution in [0.15, 0.2) is 0 Å². The van der Waals surface area contributed by atoms with E-state index in [0.717, 1.165) is 12.0 Å². The predicted octanol–water partition coefficient (Wildman–Crippen LogP) is 2.42. The second-order valence-electron chi connectivity index (χ2n) is 3.07. The van der Waals surface area contributed by atoms with Crippen LogP contribution in [0.3, 0.4) is 0 Å². The highest BCUT2D eigenvalue weighted by molar-refractivity contribution is 4.69. The maximum atomic E-state index is 3.35. The minimum absolute atomic E-state index is 0.731. The van der Waals surface area contributed by atoms with Gasteiger partial charge in [0, 0.05) is 6.04 Å². The highest BCUT2D eigenvalue weighted by Gasteiger charge is 2.10. The van der Waals surface area contributed by atoms with Gasteiger partial charge < -0.3 is 5.32 Å². The number of hydrogen-bond acceptors (Lipinski definition) is 1. The second-order valence-corrected chi connectivity index (χ2v) is 3.07. The minimum atomic E-state index is 0.731. The molecular weight excluding hydrogens is 122 g/mol. The molecule has 1 nitrogen and oxygen atoms in total. The molecule has 0 bridgehead atoms. The van der Waals surface area contributed by atoms with Crippen molar-refractivity contribution >= 4 is 0 Å². The Hall–Kier alpha value is -0.0400. The molecule has 0 saturated carbocycles. The van der Waals surface area contributed by atoms with Gasteiger partial charge in [0.05, 0.1) is 0 Å². The smallest absolute Gasteiger partial charge is 0.00894 e. The van der Waals surface area contributed by atoms with E-state index >= 15 is 0 Å². The fourth-order valence-electron chi connectivity index (χ4n) is 1.31. The third-order valence-corrected chi connectivity index (χ3v) is 2.30. The first-order valence-corrected chi connectivity index (χ1v) is 4.43. The van der Waals surface area contributed by atoms with Crippen LogP contribution >= 0.6 is 0 Å². The maximum Gasteiger partial charge on any atom is 0.00894 e. The van der Waals surface area contributed by atoms with Gasteiger partial charge in [-0.05, 0) is 19.4 Å². The van der Waals surface area contributed by atoms with E-state index in [4.69, 9.17) is 0 Å². The van der Waals surface area contributed by atoms with E-state index in [9.17, 15) is 0 Å². The first-order valence-electron chi connectivity index (χ1n) is 4.43. The average Bonchev–Trinajstić information content (AvgIpc) is 1.99. The zero-order valence-corrected chi connectivity index (χ0v) is 7.78. The fourth-order valence-corrected chi connectivity index (χ4v) is 1.31. The quantitative estimate of drug-likeness (QED) is 0.623. The SMILES string of the molecule is CCCC(NC)[C@H](C)CC. The van der Waals surface area contributed by atoms with Crippen molar-refractivity contribution in [1.29, 1.82) is 0 Å². The molecule has 0 heterocycles. The van der Waals surface area contributed by atoms with E-state index in [1.165, 1.54) is 19.3 Å². The zero-order chi connectivity index (χ0) is 7.98. The molecule has 0 amide bonds. The van der Waals surface area contributed by atoms with E-state index < -0.39 is 0 Å². The van der Waals surface area contributed by atoms with Crippen molar-refractivity contribution in [1.82, 2.24) is 5.32 Å². The summed E-state index contributed by atoms with van der Waals surface area (Å²) in [5.41, 5.74) is 0. The summed E-state index contributed by atoms with van der Waals surface area (Å²) < 4.78 is 0. The molecule has 1 unspecified atom stereocenters. The molecule has 0 aromatic heterocycles. The van der Waals surface area contributed by atoms with E-state index in [0.29, 0.717) is 0 Å². The van der Waals surface area contributed by atoms with Crippen molar-refractivity contribution in [2.75, 3.05) is 7.05 Å². The summed E-state index contributed by atoms with van der Waals surface area (Å²) in [5, 5.41) is 3.35. The molecule has 0 fully saturated rings. The van der Waals surface area contributed by atoms with Crippen molar-refractivity contribution in [2.24, 2.45) is 5.92 Å². The second kappa shape index (κ2) is 5.72. The number of hydrogen-bond donors (Lipinski definition) is 1. The summed E-state index contributed by atoms with van der Waals surface area (Å²) in [7, 11) is 2.06. The molecule has 0 spiro atoms. The molecule has 0 rings (SSSR count).